The molecule has 12 nitrogen and oxygen atoms in total. The predicted molar refractivity (Wildman–Crippen MR) is 171 cm³/mol. The molecule has 1 fully saturated rings. The van der Waals surface area contributed by atoms with Crippen molar-refractivity contribution in [2.24, 2.45) is 0 Å². The Morgan fingerprint density at radius 3 is 2.39 bits per heavy atom. The summed E-state index contributed by atoms with van der Waals surface area (Å²) in [7, 11) is -1.85. The molecule has 0 bridgehead atoms. The van der Waals surface area contributed by atoms with Crippen LogP contribution in [0.4, 0.5) is 15.7 Å². The molecule has 0 spiro atoms. The number of anilines is 2. The summed E-state index contributed by atoms with van der Waals surface area (Å²) in [6.07, 6.45) is 8.70. The van der Waals surface area contributed by atoms with E-state index in [0.29, 0.717) is 46.9 Å². The number of pyridine rings is 1. The van der Waals surface area contributed by atoms with Crippen LogP contribution >= 0.6 is 0 Å². The highest BCUT2D eigenvalue weighted by atomic mass is 32.3. The number of methoxy groups -OCH3 is 1. The summed E-state index contributed by atoms with van der Waals surface area (Å²) >= 11 is 0. The summed E-state index contributed by atoms with van der Waals surface area (Å²) < 4.78 is 42.0. The second-order valence-electron chi connectivity index (χ2n) is 11.2. The van der Waals surface area contributed by atoms with Crippen molar-refractivity contribution in [1.29, 1.82) is 0 Å². The van der Waals surface area contributed by atoms with Crippen molar-refractivity contribution in [1.82, 2.24) is 30.1 Å². The van der Waals surface area contributed by atoms with Crippen LogP contribution in [0, 0.1) is 12.3 Å². The van der Waals surface area contributed by atoms with E-state index in [-0.39, 0.29) is 11.3 Å². The number of nitrogens with zero attached hydrogens (tertiary/aromatic N) is 5. The quantitative estimate of drug-likeness (QED) is 0.125. The molecular formula is C30H41FN8O4S. The lowest BCUT2D eigenvalue weighted by molar-refractivity contribution is -0.110. The highest BCUT2D eigenvalue weighted by molar-refractivity contribution is 7.86. The number of ether oxygens (including phenoxy) is 1. The molecule has 1 aromatic carbocycles. The third-order valence-electron chi connectivity index (χ3n) is 6.72. The molecular weight excluding hydrogens is 587 g/mol. The fourth-order valence-corrected chi connectivity index (χ4v) is 4.95. The van der Waals surface area contributed by atoms with Crippen molar-refractivity contribution in [2.45, 2.75) is 37.6 Å². The minimum atomic E-state index is -4.92. The minimum Gasteiger partial charge on any atom is -0.497 e. The summed E-state index contributed by atoms with van der Waals surface area (Å²) in [5.41, 5.74) is 1.39. The molecule has 3 heterocycles. The lowest BCUT2D eigenvalue weighted by Crippen LogP contribution is -2.46. The summed E-state index contributed by atoms with van der Waals surface area (Å²) in [6, 6.07) is 5.77. The number of halogens is 1. The first-order valence-electron chi connectivity index (χ1n) is 14.2. The van der Waals surface area contributed by atoms with Crippen LogP contribution in [-0.4, -0.2) is 105 Å². The largest absolute Gasteiger partial charge is 0.497 e. The first-order valence-corrected chi connectivity index (χ1v) is 15.6. The molecule has 1 amide bonds. The molecule has 1 aliphatic rings. The van der Waals surface area contributed by atoms with Gasteiger partial charge in [-0.1, -0.05) is 5.92 Å². The Kier molecular flexibility index (Phi) is 12.2. The number of amides is 1. The Morgan fingerprint density at radius 1 is 1.11 bits per heavy atom. The Morgan fingerprint density at radius 2 is 1.82 bits per heavy atom. The van der Waals surface area contributed by atoms with Crippen LogP contribution in [0.5, 0.6) is 5.75 Å². The van der Waals surface area contributed by atoms with E-state index in [4.69, 9.17) is 11.2 Å². The maximum absolute atomic E-state index is 13.7. The molecule has 1 aliphatic heterocycles. The zero-order chi connectivity index (χ0) is 32.3. The molecule has 0 aliphatic carbocycles. The van der Waals surface area contributed by atoms with Crippen molar-refractivity contribution < 1.29 is 21.8 Å². The Balaban J connectivity index is 0.000000676. The smallest absolute Gasteiger partial charge is 0.332 e. The van der Waals surface area contributed by atoms with Gasteiger partial charge in [-0.3, -0.25) is 9.69 Å². The molecule has 0 atom stereocenters. The van der Waals surface area contributed by atoms with Crippen molar-refractivity contribution in [3.8, 4) is 29.2 Å². The summed E-state index contributed by atoms with van der Waals surface area (Å²) in [5, 5.41) is 9.52. The van der Waals surface area contributed by atoms with E-state index < -0.39 is 15.1 Å². The molecule has 3 N–H and O–H groups in total. The third-order valence-corrected chi connectivity index (χ3v) is 7.52. The van der Waals surface area contributed by atoms with Crippen molar-refractivity contribution in [2.75, 3.05) is 70.6 Å². The van der Waals surface area contributed by atoms with Crippen LogP contribution in [0.3, 0.4) is 0 Å². The summed E-state index contributed by atoms with van der Waals surface area (Å²) in [6.45, 7) is 12.2. The van der Waals surface area contributed by atoms with Crippen molar-refractivity contribution in [3.63, 3.8) is 0 Å². The first kappa shape index (κ1) is 34.4. The first-order chi connectivity index (χ1) is 20.9. The number of hydrogen-bond acceptors (Lipinski definition) is 11. The normalized spacial score (nSPS) is 14.2. The van der Waals surface area contributed by atoms with Crippen molar-refractivity contribution >= 4 is 39.4 Å². The molecule has 3 aromatic rings. The number of fused-ring (bicyclic) bond motifs is 1. The average Bonchev–Trinajstić information content (AvgIpc) is 2.98. The number of benzene rings is 1. The maximum atomic E-state index is 13.7. The Bertz CT molecular complexity index is 1570. The topological polar surface area (TPSA) is 142 Å². The SMILES string of the molecule is C#CCN1CCN(CCCNc2ncc3cc(-c4cc(OC)cc(S(=O)(=O)F)c4)c(NC)nc3n2)CC1.CC(C)(C)NC=O. The van der Waals surface area contributed by atoms with Crippen LogP contribution in [0.15, 0.2) is 35.4 Å². The van der Waals surface area contributed by atoms with Crippen LogP contribution in [-0.2, 0) is 15.0 Å². The van der Waals surface area contributed by atoms with Crippen molar-refractivity contribution in [3.05, 3.63) is 30.5 Å². The highest BCUT2D eigenvalue weighted by Gasteiger charge is 2.19. The van der Waals surface area contributed by atoms with Gasteiger partial charge in [0.2, 0.25) is 12.4 Å². The third kappa shape index (κ3) is 10.3. The predicted octanol–water partition coefficient (Wildman–Crippen LogP) is 2.98. The standard InChI is InChI=1S/C25H30FN7O3S.C5H11NO/c1-4-7-32-9-11-33(12-10-32)8-5-6-28-25-29-17-19-15-22(24(27-2)30-23(19)31-25)18-13-20(36-3)16-21(14-18)37(26,34)35;1-5(2,3)6-4-7/h1,13-17H,5-12H2,2-3H3,(H2,27,28,29,30,31);4H,1-3H3,(H,6,7). The lowest BCUT2D eigenvalue weighted by Gasteiger charge is -2.33. The molecule has 4 rings (SSSR count). The van der Waals surface area contributed by atoms with Gasteiger partial charge in [0, 0.05) is 68.5 Å². The monoisotopic (exact) mass is 628 g/mol. The van der Waals surface area contributed by atoms with Gasteiger partial charge in [0.05, 0.1) is 13.7 Å². The molecule has 238 valence electrons. The number of nitrogens with one attached hydrogen (secondary N) is 3. The molecule has 0 radical (unpaired) electrons. The Labute approximate surface area is 259 Å². The fourth-order valence-electron chi connectivity index (χ4n) is 4.42. The second kappa shape index (κ2) is 15.6. The summed E-state index contributed by atoms with van der Waals surface area (Å²) in [4.78, 5) is 27.4. The van der Waals surface area contributed by atoms with Gasteiger partial charge in [-0.05, 0) is 57.5 Å². The van der Waals surface area contributed by atoms with E-state index in [1.807, 2.05) is 20.8 Å². The van der Waals surface area contributed by atoms with E-state index >= 15 is 0 Å². The number of piperazine rings is 1. The number of terminal acetylenes is 1. The number of carbonyl (C=O) groups excluding carboxylic acids is 1. The van der Waals surface area contributed by atoms with E-state index in [1.165, 1.54) is 13.2 Å². The molecule has 14 heteroatoms. The van der Waals surface area contributed by atoms with Gasteiger partial charge in [0.1, 0.15) is 16.5 Å². The Hall–Kier alpha value is -4.06. The van der Waals surface area contributed by atoms with E-state index in [0.717, 1.165) is 51.8 Å². The van der Waals surface area contributed by atoms with E-state index in [9.17, 15) is 17.1 Å². The average molecular weight is 629 g/mol. The lowest BCUT2D eigenvalue weighted by atomic mass is 10.0. The van der Waals surface area contributed by atoms with Gasteiger partial charge in [-0.15, -0.1) is 10.3 Å². The number of rotatable bonds is 11. The van der Waals surface area contributed by atoms with Crippen LogP contribution in [0.1, 0.15) is 27.2 Å². The minimum absolute atomic E-state index is 0.0677. The molecule has 44 heavy (non-hydrogen) atoms. The molecule has 0 unspecified atom stereocenters. The van der Waals surface area contributed by atoms with E-state index in [2.05, 4.69) is 46.6 Å². The molecule has 0 saturated carbocycles. The van der Waals surface area contributed by atoms with Crippen LogP contribution in [0.25, 0.3) is 22.2 Å². The number of hydrogen-bond donors (Lipinski definition) is 3. The highest BCUT2D eigenvalue weighted by Crippen LogP contribution is 2.34. The number of aromatic nitrogens is 3. The maximum Gasteiger partial charge on any atom is 0.332 e. The van der Waals surface area contributed by atoms with Gasteiger partial charge >= 0.3 is 10.2 Å². The van der Waals surface area contributed by atoms with Gasteiger partial charge < -0.3 is 25.6 Å². The molecule has 1 saturated heterocycles. The van der Waals surface area contributed by atoms with Gasteiger partial charge in [0.15, 0.2) is 5.65 Å². The van der Waals surface area contributed by atoms with Gasteiger partial charge in [-0.25, -0.2) is 9.97 Å². The zero-order valence-electron chi connectivity index (χ0n) is 25.9. The fraction of sp³-hybridized carbons (Fsp3) is 0.467. The second-order valence-corrected chi connectivity index (χ2v) is 12.5. The van der Waals surface area contributed by atoms with Gasteiger partial charge in [-0.2, -0.15) is 13.4 Å². The van der Waals surface area contributed by atoms with E-state index in [1.54, 1.807) is 25.4 Å². The number of carbonyl (C=O) groups is 1. The van der Waals surface area contributed by atoms with Crippen LogP contribution < -0.4 is 20.7 Å². The molecule has 2 aromatic heterocycles. The van der Waals surface area contributed by atoms with Gasteiger partial charge in [0.25, 0.3) is 0 Å². The van der Waals surface area contributed by atoms with Crippen LogP contribution in [0.2, 0.25) is 0 Å². The summed E-state index contributed by atoms with van der Waals surface area (Å²) in [5.74, 6) is 3.84. The zero-order valence-corrected chi connectivity index (χ0v) is 26.7.